The number of aromatic nitrogens is 2. The quantitative estimate of drug-likeness (QED) is 0.936. The maximum absolute atomic E-state index is 12.3. The van der Waals surface area contributed by atoms with Crippen LogP contribution in [0.5, 0.6) is 0 Å². The molecule has 1 aromatic carbocycles. The Hall–Kier alpha value is -1.82. The molecule has 0 aliphatic heterocycles. The highest BCUT2D eigenvalue weighted by Crippen LogP contribution is 2.22. The van der Waals surface area contributed by atoms with Crippen LogP contribution in [-0.4, -0.2) is 18.2 Å². The van der Waals surface area contributed by atoms with Crippen LogP contribution < -0.4 is 4.72 Å². The molecule has 0 fully saturated rings. The van der Waals surface area contributed by atoms with Crippen molar-refractivity contribution in [1.29, 1.82) is 0 Å². The van der Waals surface area contributed by atoms with Gasteiger partial charge in [-0.25, -0.2) is 8.42 Å². The molecule has 0 saturated heterocycles. The molecule has 0 unspecified atom stereocenters. The number of hydrogen-bond donors (Lipinski definition) is 1. The first-order chi connectivity index (χ1) is 8.81. The molecule has 0 amide bonds. The van der Waals surface area contributed by atoms with Crippen LogP contribution in [0, 0.1) is 20.8 Å². The summed E-state index contributed by atoms with van der Waals surface area (Å²) in [6.45, 7) is 5.57. The van der Waals surface area contributed by atoms with Crippen molar-refractivity contribution in [3.8, 4) is 0 Å². The van der Waals surface area contributed by atoms with E-state index in [1.54, 1.807) is 20.0 Å². The molecule has 0 radical (unpaired) electrons. The summed E-state index contributed by atoms with van der Waals surface area (Å²) in [7, 11) is -1.88. The maximum atomic E-state index is 12.3. The third kappa shape index (κ3) is 2.63. The summed E-state index contributed by atoms with van der Waals surface area (Å²) in [5, 5.41) is 3.96. The van der Waals surface area contributed by atoms with Crippen molar-refractivity contribution < 1.29 is 8.42 Å². The summed E-state index contributed by atoms with van der Waals surface area (Å²) in [6.07, 6.45) is 1.36. The molecule has 0 bridgehead atoms. The SMILES string of the molecule is Cc1ccc(NS(=O)(=O)c2cnn(C)c2C)c(C)c1. The van der Waals surface area contributed by atoms with Crippen molar-refractivity contribution in [3.05, 3.63) is 41.2 Å². The third-order valence-electron chi connectivity index (χ3n) is 3.11. The molecular weight excluding hydrogens is 262 g/mol. The highest BCUT2D eigenvalue weighted by Gasteiger charge is 2.20. The van der Waals surface area contributed by atoms with Crippen molar-refractivity contribution >= 4 is 15.7 Å². The molecule has 6 heteroatoms. The average Bonchev–Trinajstić information content (AvgIpc) is 2.64. The summed E-state index contributed by atoms with van der Waals surface area (Å²) >= 11 is 0. The van der Waals surface area contributed by atoms with Gasteiger partial charge in [0.05, 0.1) is 17.6 Å². The smallest absolute Gasteiger partial charge is 0.265 e. The Morgan fingerprint density at radius 2 is 1.89 bits per heavy atom. The van der Waals surface area contributed by atoms with Crippen molar-refractivity contribution in [2.75, 3.05) is 4.72 Å². The highest BCUT2D eigenvalue weighted by atomic mass is 32.2. The minimum atomic E-state index is -3.59. The van der Waals surface area contributed by atoms with Crippen molar-refractivity contribution in [2.45, 2.75) is 25.7 Å². The van der Waals surface area contributed by atoms with Gasteiger partial charge < -0.3 is 0 Å². The minimum absolute atomic E-state index is 0.204. The molecule has 0 saturated carbocycles. The Balaban J connectivity index is 2.39. The number of hydrogen-bond acceptors (Lipinski definition) is 3. The standard InChI is InChI=1S/C13H17N3O2S/c1-9-5-6-12(10(2)7-9)15-19(17,18)13-8-14-16(4)11(13)3/h5-8,15H,1-4H3. The lowest BCUT2D eigenvalue weighted by atomic mass is 10.1. The third-order valence-corrected chi connectivity index (χ3v) is 4.57. The lowest BCUT2D eigenvalue weighted by Gasteiger charge is -2.10. The van der Waals surface area contributed by atoms with Crippen LogP contribution in [0.2, 0.25) is 0 Å². The Morgan fingerprint density at radius 1 is 1.21 bits per heavy atom. The second kappa shape index (κ2) is 4.70. The highest BCUT2D eigenvalue weighted by molar-refractivity contribution is 7.92. The molecule has 102 valence electrons. The lowest BCUT2D eigenvalue weighted by molar-refractivity contribution is 0.600. The summed E-state index contributed by atoms with van der Waals surface area (Å²) in [5.74, 6) is 0. The van der Waals surface area contributed by atoms with Gasteiger partial charge in [0.15, 0.2) is 0 Å². The molecule has 1 aromatic heterocycles. The van der Waals surface area contributed by atoms with Crippen LogP contribution in [0.25, 0.3) is 0 Å². The molecular formula is C13H17N3O2S. The second-order valence-corrected chi connectivity index (χ2v) is 6.29. The van der Waals surface area contributed by atoms with Gasteiger partial charge in [0.1, 0.15) is 4.90 Å². The van der Waals surface area contributed by atoms with E-state index in [4.69, 9.17) is 0 Å². The number of sulfonamides is 1. The van der Waals surface area contributed by atoms with Crippen LogP contribution in [-0.2, 0) is 17.1 Å². The predicted octanol–water partition coefficient (Wildman–Crippen LogP) is 2.15. The van der Waals surface area contributed by atoms with Gasteiger partial charge in [-0.2, -0.15) is 5.10 Å². The number of nitrogens with one attached hydrogen (secondary N) is 1. The molecule has 2 aromatic rings. The molecule has 0 atom stereocenters. The molecule has 0 spiro atoms. The number of nitrogens with zero attached hydrogens (tertiary/aromatic N) is 2. The summed E-state index contributed by atoms with van der Waals surface area (Å²) < 4.78 is 28.8. The largest absolute Gasteiger partial charge is 0.279 e. The molecule has 1 N–H and O–H groups in total. The number of aryl methyl sites for hydroxylation is 3. The van der Waals surface area contributed by atoms with Gasteiger partial charge in [-0.15, -0.1) is 0 Å². The first-order valence-corrected chi connectivity index (χ1v) is 7.38. The average molecular weight is 279 g/mol. The van der Waals surface area contributed by atoms with E-state index in [1.165, 1.54) is 10.9 Å². The first kappa shape index (κ1) is 13.6. The van der Waals surface area contributed by atoms with E-state index in [-0.39, 0.29) is 4.90 Å². The van der Waals surface area contributed by atoms with E-state index in [2.05, 4.69) is 9.82 Å². The van der Waals surface area contributed by atoms with E-state index in [0.29, 0.717) is 11.4 Å². The van der Waals surface area contributed by atoms with E-state index in [0.717, 1.165) is 11.1 Å². The van der Waals surface area contributed by atoms with E-state index < -0.39 is 10.0 Å². The van der Waals surface area contributed by atoms with Gasteiger partial charge >= 0.3 is 0 Å². The minimum Gasteiger partial charge on any atom is -0.279 e. The molecule has 1 heterocycles. The Bertz CT molecular complexity index is 717. The van der Waals surface area contributed by atoms with Crippen molar-refractivity contribution in [1.82, 2.24) is 9.78 Å². The fourth-order valence-corrected chi connectivity index (χ4v) is 3.21. The van der Waals surface area contributed by atoms with Gasteiger partial charge in [-0.3, -0.25) is 9.40 Å². The fourth-order valence-electron chi connectivity index (χ4n) is 1.87. The molecule has 5 nitrogen and oxygen atoms in total. The summed E-state index contributed by atoms with van der Waals surface area (Å²) in [6, 6.07) is 5.59. The number of benzene rings is 1. The molecule has 2 rings (SSSR count). The van der Waals surface area contributed by atoms with Crippen LogP contribution in [0.15, 0.2) is 29.3 Å². The van der Waals surface area contributed by atoms with E-state index >= 15 is 0 Å². The lowest BCUT2D eigenvalue weighted by Crippen LogP contribution is -2.14. The van der Waals surface area contributed by atoms with Crippen molar-refractivity contribution in [2.24, 2.45) is 7.05 Å². The Kier molecular flexibility index (Phi) is 3.36. The summed E-state index contributed by atoms with van der Waals surface area (Å²) in [4.78, 5) is 0.204. The Morgan fingerprint density at radius 3 is 2.42 bits per heavy atom. The normalized spacial score (nSPS) is 11.6. The van der Waals surface area contributed by atoms with Crippen LogP contribution in [0.1, 0.15) is 16.8 Å². The van der Waals surface area contributed by atoms with Crippen LogP contribution in [0.4, 0.5) is 5.69 Å². The zero-order valence-corrected chi connectivity index (χ0v) is 12.2. The topological polar surface area (TPSA) is 64.0 Å². The van der Waals surface area contributed by atoms with Gasteiger partial charge in [-0.05, 0) is 32.4 Å². The molecule has 0 aliphatic carbocycles. The van der Waals surface area contributed by atoms with Crippen LogP contribution in [0.3, 0.4) is 0 Å². The van der Waals surface area contributed by atoms with Gasteiger partial charge in [0, 0.05) is 7.05 Å². The Labute approximate surface area is 113 Å². The fraction of sp³-hybridized carbons (Fsp3) is 0.308. The summed E-state index contributed by atoms with van der Waals surface area (Å²) in [5.41, 5.74) is 3.19. The monoisotopic (exact) mass is 279 g/mol. The number of anilines is 1. The maximum Gasteiger partial charge on any atom is 0.265 e. The predicted molar refractivity (Wildman–Crippen MR) is 74.7 cm³/mol. The zero-order chi connectivity index (χ0) is 14.2. The van der Waals surface area contributed by atoms with Gasteiger partial charge in [0.2, 0.25) is 0 Å². The zero-order valence-electron chi connectivity index (χ0n) is 11.4. The van der Waals surface area contributed by atoms with Gasteiger partial charge in [-0.1, -0.05) is 17.7 Å². The molecule has 0 aliphatic rings. The van der Waals surface area contributed by atoms with E-state index in [1.807, 2.05) is 26.0 Å². The first-order valence-electron chi connectivity index (χ1n) is 5.90. The van der Waals surface area contributed by atoms with E-state index in [9.17, 15) is 8.42 Å². The molecule has 19 heavy (non-hydrogen) atoms. The van der Waals surface area contributed by atoms with Gasteiger partial charge in [0.25, 0.3) is 10.0 Å². The second-order valence-electron chi connectivity index (χ2n) is 4.64. The number of rotatable bonds is 3. The van der Waals surface area contributed by atoms with Crippen molar-refractivity contribution in [3.63, 3.8) is 0 Å². The van der Waals surface area contributed by atoms with Crippen LogP contribution >= 0.6 is 0 Å².